The number of carbonyl (C=O) groups excluding carboxylic acids is 2. The second-order valence-electron chi connectivity index (χ2n) is 3.97. The molecule has 2 amide bonds. The number of rotatable bonds is 2. The van der Waals surface area contributed by atoms with Crippen molar-refractivity contribution in [1.82, 2.24) is 15.8 Å². The maximum Gasteiger partial charge on any atom is 0.271 e. The molecule has 104 valence electrons. The Morgan fingerprint density at radius 3 is 2.43 bits per heavy atom. The van der Waals surface area contributed by atoms with Crippen molar-refractivity contribution >= 4 is 11.8 Å². The van der Waals surface area contributed by atoms with E-state index in [4.69, 9.17) is 5.26 Å². The lowest BCUT2D eigenvalue weighted by Gasteiger charge is -2.07. The summed E-state index contributed by atoms with van der Waals surface area (Å²) in [6.07, 6.45) is 1.05. The van der Waals surface area contributed by atoms with E-state index in [9.17, 15) is 14.0 Å². The fraction of sp³-hybridized carbons (Fsp3) is 0. The number of hydrogen-bond acceptors (Lipinski definition) is 4. The summed E-state index contributed by atoms with van der Waals surface area (Å²) in [4.78, 5) is 26.8. The highest BCUT2D eigenvalue weighted by Gasteiger charge is 2.10. The molecule has 0 spiro atoms. The van der Waals surface area contributed by atoms with Gasteiger partial charge in [0.05, 0.1) is 17.2 Å². The van der Waals surface area contributed by atoms with E-state index in [-0.39, 0.29) is 11.1 Å². The number of hydrogen-bond donors (Lipinski definition) is 2. The fourth-order valence-electron chi connectivity index (χ4n) is 1.50. The lowest BCUT2D eigenvalue weighted by atomic mass is 10.1. The first kappa shape index (κ1) is 14.1. The van der Waals surface area contributed by atoms with E-state index < -0.39 is 17.8 Å². The van der Waals surface area contributed by atoms with E-state index in [1.807, 2.05) is 6.07 Å². The van der Waals surface area contributed by atoms with Gasteiger partial charge < -0.3 is 0 Å². The van der Waals surface area contributed by atoms with Crippen molar-refractivity contribution in [3.05, 3.63) is 65.2 Å². The van der Waals surface area contributed by atoms with Gasteiger partial charge in [0.2, 0.25) is 5.95 Å². The summed E-state index contributed by atoms with van der Waals surface area (Å²) in [6, 6.07) is 10.2. The summed E-state index contributed by atoms with van der Waals surface area (Å²) in [5.74, 6) is -1.91. The predicted molar refractivity (Wildman–Crippen MR) is 70.3 cm³/mol. The summed E-state index contributed by atoms with van der Waals surface area (Å²) in [5.41, 5.74) is 5.02. The molecule has 21 heavy (non-hydrogen) atoms. The van der Waals surface area contributed by atoms with E-state index in [1.165, 1.54) is 18.2 Å². The smallest absolute Gasteiger partial charge is 0.267 e. The molecule has 0 saturated heterocycles. The average molecular weight is 284 g/mol. The van der Waals surface area contributed by atoms with Crippen molar-refractivity contribution in [3.63, 3.8) is 0 Å². The van der Waals surface area contributed by atoms with Crippen LogP contribution in [0.15, 0.2) is 42.6 Å². The number of benzene rings is 1. The van der Waals surface area contributed by atoms with Gasteiger partial charge in [-0.2, -0.15) is 9.65 Å². The molecule has 0 unspecified atom stereocenters. The number of nitriles is 1. The average Bonchev–Trinajstić information content (AvgIpc) is 2.53. The Balaban J connectivity index is 1.99. The van der Waals surface area contributed by atoms with Gasteiger partial charge in [0, 0.05) is 11.8 Å². The Morgan fingerprint density at radius 2 is 1.81 bits per heavy atom. The van der Waals surface area contributed by atoms with E-state index in [2.05, 4.69) is 15.8 Å². The first-order valence-electron chi connectivity index (χ1n) is 5.82. The molecule has 0 aliphatic rings. The number of aromatic nitrogens is 1. The van der Waals surface area contributed by atoms with Crippen LogP contribution in [0.25, 0.3) is 0 Å². The number of carbonyl (C=O) groups is 2. The van der Waals surface area contributed by atoms with E-state index in [0.717, 1.165) is 12.3 Å². The number of halogens is 1. The van der Waals surface area contributed by atoms with Gasteiger partial charge in [-0.25, -0.2) is 4.98 Å². The number of amides is 2. The maximum absolute atomic E-state index is 12.6. The molecule has 0 aliphatic carbocycles. The SMILES string of the molecule is N#Cc1cccc(C(=O)NNC(=O)c2ccc(F)nc2)c1. The quantitative estimate of drug-likeness (QED) is 0.639. The zero-order valence-corrected chi connectivity index (χ0v) is 10.6. The lowest BCUT2D eigenvalue weighted by molar-refractivity contribution is 0.0846. The molecule has 0 saturated carbocycles. The minimum Gasteiger partial charge on any atom is -0.267 e. The van der Waals surface area contributed by atoms with Crippen molar-refractivity contribution in [2.75, 3.05) is 0 Å². The van der Waals surface area contributed by atoms with Crippen molar-refractivity contribution in [2.24, 2.45) is 0 Å². The van der Waals surface area contributed by atoms with Gasteiger partial charge in [-0.05, 0) is 30.3 Å². The van der Waals surface area contributed by atoms with E-state index in [0.29, 0.717) is 5.56 Å². The summed E-state index contributed by atoms with van der Waals surface area (Å²) < 4.78 is 12.6. The van der Waals surface area contributed by atoms with Crippen LogP contribution < -0.4 is 10.9 Å². The molecule has 1 heterocycles. The van der Waals surface area contributed by atoms with Gasteiger partial charge in [0.1, 0.15) is 0 Å². The highest BCUT2D eigenvalue weighted by atomic mass is 19.1. The van der Waals surface area contributed by atoms with Crippen LogP contribution in [0.4, 0.5) is 4.39 Å². The Labute approximate surface area is 119 Å². The second-order valence-corrected chi connectivity index (χ2v) is 3.97. The molecule has 0 aliphatic heterocycles. The van der Waals surface area contributed by atoms with Crippen LogP contribution in [0.1, 0.15) is 26.3 Å². The summed E-state index contributed by atoms with van der Waals surface area (Å²) >= 11 is 0. The Morgan fingerprint density at radius 1 is 1.10 bits per heavy atom. The van der Waals surface area contributed by atoms with Crippen molar-refractivity contribution in [2.45, 2.75) is 0 Å². The Kier molecular flexibility index (Phi) is 4.21. The minimum absolute atomic E-state index is 0.0995. The molecule has 0 bridgehead atoms. The van der Waals surface area contributed by atoms with Crippen LogP contribution >= 0.6 is 0 Å². The number of nitrogens with one attached hydrogen (secondary N) is 2. The molecular formula is C14H9FN4O2. The van der Waals surface area contributed by atoms with Gasteiger partial charge in [-0.3, -0.25) is 20.4 Å². The van der Waals surface area contributed by atoms with Crippen LogP contribution in [-0.4, -0.2) is 16.8 Å². The molecule has 2 rings (SSSR count). The fourth-order valence-corrected chi connectivity index (χ4v) is 1.50. The standard InChI is InChI=1S/C14H9FN4O2/c15-12-5-4-11(8-17-12)14(21)19-18-13(20)10-3-1-2-9(6-10)7-16/h1-6,8H,(H,18,20)(H,19,21). The van der Waals surface area contributed by atoms with Crippen molar-refractivity contribution in [1.29, 1.82) is 5.26 Å². The van der Waals surface area contributed by atoms with E-state index in [1.54, 1.807) is 12.1 Å². The largest absolute Gasteiger partial charge is 0.271 e. The molecule has 2 N–H and O–H groups in total. The molecule has 7 heteroatoms. The molecule has 1 aromatic carbocycles. The van der Waals surface area contributed by atoms with Crippen LogP contribution in [0, 0.1) is 17.3 Å². The molecule has 0 radical (unpaired) electrons. The third-order valence-corrected chi connectivity index (χ3v) is 2.53. The molecule has 6 nitrogen and oxygen atoms in total. The first-order chi connectivity index (χ1) is 10.1. The lowest BCUT2D eigenvalue weighted by Crippen LogP contribution is -2.41. The van der Waals surface area contributed by atoms with Gasteiger partial charge in [0.25, 0.3) is 11.8 Å². The summed E-state index contributed by atoms with van der Waals surface area (Å²) in [6.45, 7) is 0. The van der Waals surface area contributed by atoms with Crippen LogP contribution in [-0.2, 0) is 0 Å². The minimum atomic E-state index is -0.705. The Bertz CT molecular complexity index is 722. The normalized spacial score (nSPS) is 9.52. The molecule has 1 aromatic heterocycles. The molecule has 0 fully saturated rings. The van der Waals surface area contributed by atoms with Crippen molar-refractivity contribution in [3.8, 4) is 6.07 Å². The van der Waals surface area contributed by atoms with Crippen LogP contribution in [0.3, 0.4) is 0 Å². The van der Waals surface area contributed by atoms with Crippen molar-refractivity contribution < 1.29 is 14.0 Å². The zero-order valence-electron chi connectivity index (χ0n) is 10.6. The molecule has 0 atom stereocenters. The maximum atomic E-state index is 12.6. The molecule has 2 aromatic rings. The number of hydrazine groups is 1. The van der Waals surface area contributed by atoms with Crippen LogP contribution in [0.2, 0.25) is 0 Å². The topological polar surface area (TPSA) is 94.9 Å². The zero-order chi connectivity index (χ0) is 15.2. The third kappa shape index (κ3) is 3.61. The number of pyridine rings is 1. The Hall–Kier alpha value is -3.27. The summed E-state index contributed by atoms with van der Waals surface area (Å²) in [7, 11) is 0. The molecular weight excluding hydrogens is 275 g/mol. The monoisotopic (exact) mass is 284 g/mol. The predicted octanol–water partition coefficient (Wildman–Crippen LogP) is 1.17. The van der Waals surface area contributed by atoms with Crippen LogP contribution in [0.5, 0.6) is 0 Å². The van der Waals surface area contributed by atoms with Gasteiger partial charge in [-0.1, -0.05) is 6.07 Å². The third-order valence-electron chi connectivity index (χ3n) is 2.53. The van der Waals surface area contributed by atoms with Gasteiger partial charge in [0.15, 0.2) is 0 Å². The van der Waals surface area contributed by atoms with Gasteiger partial charge in [-0.15, -0.1) is 0 Å². The second kappa shape index (κ2) is 6.25. The summed E-state index contributed by atoms with van der Waals surface area (Å²) in [5, 5.41) is 8.74. The van der Waals surface area contributed by atoms with E-state index >= 15 is 0 Å². The van der Waals surface area contributed by atoms with Gasteiger partial charge >= 0.3 is 0 Å². The highest BCUT2D eigenvalue weighted by molar-refractivity contribution is 5.99. The first-order valence-corrected chi connectivity index (χ1v) is 5.82. The number of nitrogens with zero attached hydrogens (tertiary/aromatic N) is 2. The highest BCUT2D eigenvalue weighted by Crippen LogP contribution is 2.03.